The van der Waals surface area contributed by atoms with Gasteiger partial charge in [0, 0.05) is 18.9 Å². The molecule has 0 radical (unpaired) electrons. The number of hydrogen-bond donors (Lipinski definition) is 1. The summed E-state index contributed by atoms with van der Waals surface area (Å²) in [6, 6.07) is 8.25. The third-order valence-electron chi connectivity index (χ3n) is 2.86. The quantitative estimate of drug-likeness (QED) is 0.750. The van der Waals surface area contributed by atoms with Crippen LogP contribution in [-0.4, -0.2) is 19.9 Å². The van der Waals surface area contributed by atoms with Crippen LogP contribution in [0.3, 0.4) is 0 Å². The molecule has 0 fully saturated rings. The van der Waals surface area contributed by atoms with Gasteiger partial charge in [0.25, 0.3) is 0 Å². The summed E-state index contributed by atoms with van der Waals surface area (Å²) in [6.45, 7) is 2.68. The molecule has 0 amide bonds. The van der Waals surface area contributed by atoms with E-state index in [4.69, 9.17) is 11.6 Å². The van der Waals surface area contributed by atoms with Crippen molar-refractivity contribution in [1.29, 1.82) is 0 Å². The number of nitrogens with zero attached hydrogens (tertiary/aromatic N) is 4. The van der Waals surface area contributed by atoms with Gasteiger partial charge < -0.3 is 5.32 Å². The molecule has 0 saturated carbocycles. The molecule has 100 valence electrons. The molecule has 0 aliphatic carbocycles. The highest BCUT2D eigenvalue weighted by Gasteiger charge is 2.07. The molecule has 6 heteroatoms. The first-order valence-electron chi connectivity index (χ1n) is 6.16. The Morgan fingerprint density at radius 3 is 2.60 bits per heavy atom. The lowest BCUT2D eigenvalue weighted by Gasteiger charge is -2.06. The van der Waals surface area contributed by atoms with Crippen LogP contribution in [0, 0.1) is 6.92 Å². The summed E-state index contributed by atoms with van der Waals surface area (Å²) in [4.78, 5) is 16.7. The van der Waals surface area contributed by atoms with Crippen LogP contribution in [-0.2, 0) is 6.54 Å². The number of aryl methyl sites for hydroxylation is 1. The number of nitrogens with one attached hydrogen (secondary N) is 1. The third kappa shape index (κ3) is 2.67. The van der Waals surface area contributed by atoms with Crippen molar-refractivity contribution in [3.63, 3.8) is 0 Å². The highest BCUT2D eigenvalue weighted by Crippen LogP contribution is 2.18. The Hall–Kier alpha value is -2.27. The predicted molar refractivity (Wildman–Crippen MR) is 78.6 cm³/mol. The second-order valence-electron chi connectivity index (χ2n) is 4.41. The molecule has 3 rings (SSSR count). The van der Waals surface area contributed by atoms with Crippen molar-refractivity contribution >= 4 is 28.7 Å². The Morgan fingerprint density at radius 1 is 1.05 bits per heavy atom. The average Bonchev–Trinajstić information content (AvgIpc) is 2.47. The second kappa shape index (κ2) is 5.38. The first-order chi connectivity index (χ1) is 9.72. The fourth-order valence-corrected chi connectivity index (χ4v) is 2.01. The third-order valence-corrected chi connectivity index (χ3v) is 3.12. The zero-order chi connectivity index (χ0) is 13.9. The highest BCUT2D eigenvalue weighted by atomic mass is 35.5. The van der Waals surface area contributed by atoms with Crippen molar-refractivity contribution in [1.82, 2.24) is 19.9 Å². The summed E-state index contributed by atoms with van der Waals surface area (Å²) >= 11 is 6.07. The first kappa shape index (κ1) is 12.7. The summed E-state index contributed by atoms with van der Waals surface area (Å²) in [5.74, 6) is 0.448. The Bertz CT molecular complexity index is 742. The molecular weight excluding hydrogens is 274 g/mol. The lowest BCUT2D eigenvalue weighted by molar-refractivity contribution is 1.05. The molecule has 5 nitrogen and oxygen atoms in total. The number of benzene rings is 1. The standard InChI is InChI=1S/C14H12ClN5/c1-9-2-4-10(5-3-9)8-18-14-19-12(15)11-13(20-14)17-7-6-16-11/h2-7H,8H2,1H3,(H,17,18,19,20). The molecule has 2 heterocycles. The second-order valence-corrected chi connectivity index (χ2v) is 4.76. The van der Waals surface area contributed by atoms with Crippen molar-refractivity contribution in [2.45, 2.75) is 13.5 Å². The van der Waals surface area contributed by atoms with E-state index in [-0.39, 0.29) is 0 Å². The smallest absolute Gasteiger partial charge is 0.226 e. The van der Waals surface area contributed by atoms with Crippen LogP contribution in [0.15, 0.2) is 36.7 Å². The zero-order valence-corrected chi connectivity index (χ0v) is 11.6. The predicted octanol–water partition coefficient (Wildman–Crippen LogP) is 2.99. The van der Waals surface area contributed by atoms with E-state index in [1.54, 1.807) is 12.4 Å². The fourth-order valence-electron chi connectivity index (χ4n) is 1.80. The molecule has 0 aliphatic rings. The van der Waals surface area contributed by atoms with E-state index in [1.165, 1.54) is 5.56 Å². The van der Waals surface area contributed by atoms with Crippen LogP contribution in [0.2, 0.25) is 5.15 Å². The van der Waals surface area contributed by atoms with Crippen LogP contribution in [0.4, 0.5) is 5.95 Å². The summed E-state index contributed by atoms with van der Waals surface area (Å²) in [7, 11) is 0. The van der Waals surface area contributed by atoms with Gasteiger partial charge in [-0.1, -0.05) is 41.4 Å². The van der Waals surface area contributed by atoms with Crippen molar-refractivity contribution < 1.29 is 0 Å². The van der Waals surface area contributed by atoms with Gasteiger partial charge in [0.1, 0.15) is 5.52 Å². The number of fused-ring (bicyclic) bond motifs is 1. The average molecular weight is 286 g/mol. The molecule has 0 saturated heterocycles. The summed E-state index contributed by atoms with van der Waals surface area (Å²) in [5.41, 5.74) is 3.37. The molecule has 3 aromatic rings. The van der Waals surface area contributed by atoms with E-state index in [2.05, 4.69) is 56.4 Å². The first-order valence-corrected chi connectivity index (χ1v) is 6.54. The van der Waals surface area contributed by atoms with Crippen molar-refractivity contribution in [2.24, 2.45) is 0 Å². The van der Waals surface area contributed by atoms with Crippen LogP contribution in [0.1, 0.15) is 11.1 Å². The molecule has 0 atom stereocenters. The Balaban J connectivity index is 1.82. The maximum atomic E-state index is 6.07. The molecule has 0 aliphatic heterocycles. The Kier molecular flexibility index (Phi) is 3.43. The van der Waals surface area contributed by atoms with Crippen molar-refractivity contribution in [2.75, 3.05) is 5.32 Å². The van der Waals surface area contributed by atoms with Crippen LogP contribution in [0.5, 0.6) is 0 Å². The number of hydrogen-bond acceptors (Lipinski definition) is 5. The number of rotatable bonds is 3. The molecule has 1 N–H and O–H groups in total. The van der Waals surface area contributed by atoms with E-state index in [0.29, 0.717) is 28.8 Å². The van der Waals surface area contributed by atoms with Crippen molar-refractivity contribution in [3.05, 3.63) is 52.9 Å². The van der Waals surface area contributed by atoms with Crippen LogP contribution in [0.25, 0.3) is 11.2 Å². The molecule has 1 aromatic carbocycles. The van der Waals surface area contributed by atoms with Gasteiger partial charge >= 0.3 is 0 Å². The Labute approximate surface area is 121 Å². The SMILES string of the molecule is Cc1ccc(CNc2nc(Cl)c3nccnc3n2)cc1. The van der Waals surface area contributed by atoms with Gasteiger partial charge in [0.2, 0.25) is 5.95 Å². The fraction of sp³-hybridized carbons (Fsp3) is 0.143. The monoisotopic (exact) mass is 285 g/mol. The van der Waals surface area contributed by atoms with E-state index in [0.717, 1.165) is 5.56 Å². The van der Waals surface area contributed by atoms with Crippen molar-refractivity contribution in [3.8, 4) is 0 Å². The molecule has 0 bridgehead atoms. The largest absolute Gasteiger partial charge is 0.350 e. The van der Waals surface area contributed by atoms with Gasteiger partial charge in [-0.3, -0.25) is 0 Å². The van der Waals surface area contributed by atoms with Gasteiger partial charge in [-0.05, 0) is 12.5 Å². The minimum absolute atomic E-state index is 0.300. The minimum Gasteiger partial charge on any atom is -0.350 e. The molecule has 0 spiro atoms. The van der Waals surface area contributed by atoms with E-state index in [9.17, 15) is 0 Å². The molecule has 2 aromatic heterocycles. The number of anilines is 1. The van der Waals surface area contributed by atoms with Gasteiger partial charge in [0.15, 0.2) is 10.8 Å². The van der Waals surface area contributed by atoms with Crippen LogP contribution < -0.4 is 5.32 Å². The van der Waals surface area contributed by atoms with E-state index < -0.39 is 0 Å². The van der Waals surface area contributed by atoms with Gasteiger partial charge in [-0.2, -0.15) is 9.97 Å². The van der Waals surface area contributed by atoms with E-state index >= 15 is 0 Å². The van der Waals surface area contributed by atoms with Crippen LogP contribution >= 0.6 is 11.6 Å². The maximum Gasteiger partial charge on any atom is 0.226 e. The molecular formula is C14H12ClN5. The topological polar surface area (TPSA) is 63.6 Å². The number of aromatic nitrogens is 4. The van der Waals surface area contributed by atoms with Gasteiger partial charge in [0.05, 0.1) is 0 Å². The van der Waals surface area contributed by atoms with Gasteiger partial charge in [-0.25, -0.2) is 9.97 Å². The normalized spacial score (nSPS) is 10.7. The minimum atomic E-state index is 0.300. The summed E-state index contributed by atoms with van der Waals surface area (Å²) in [6.07, 6.45) is 3.15. The zero-order valence-electron chi connectivity index (χ0n) is 10.8. The summed E-state index contributed by atoms with van der Waals surface area (Å²) in [5, 5.41) is 3.44. The van der Waals surface area contributed by atoms with E-state index in [1.807, 2.05) is 0 Å². The lowest BCUT2D eigenvalue weighted by Crippen LogP contribution is -2.05. The lowest BCUT2D eigenvalue weighted by atomic mass is 10.1. The maximum absolute atomic E-state index is 6.07. The highest BCUT2D eigenvalue weighted by molar-refractivity contribution is 6.33. The molecule has 20 heavy (non-hydrogen) atoms. The molecule has 0 unspecified atom stereocenters. The number of halogens is 1. The van der Waals surface area contributed by atoms with Gasteiger partial charge in [-0.15, -0.1) is 0 Å². The summed E-state index contributed by atoms with van der Waals surface area (Å²) < 4.78 is 0. The Morgan fingerprint density at radius 2 is 1.80 bits per heavy atom.